The predicted octanol–water partition coefficient (Wildman–Crippen LogP) is 3.85. The van der Waals surface area contributed by atoms with Gasteiger partial charge in [-0.1, -0.05) is 0 Å². The molecule has 18 heavy (non-hydrogen) atoms. The maximum atomic E-state index is 12.3. The van der Waals surface area contributed by atoms with E-state index in [0.29, 0.717) is 12.2 Å². The van der Waals surface area contributed by atoms with Crippen LogP contribution in [0, 0.1) is 0 Å². The van der Waals surface area contributed by atoms with Gasteiger partial charge in [-0.15, -0.1) is 0 Å². The second-order valence-corrected chi connectivity index (χ2v) is 3.90. The molecule has 0 saturated heterocycles. The SMILES string of the molecule is OC1=CCC(Oc2ccc(C(F)(F)F)cc2)C=C1. The second-order valence-electron chi connectivity index (χ2n) is 3.90. The normalized spacial score (nSPS) is 19.5. The van der Waals surface area contributed by atoms with Gasteiger partial charge in [0.15, 0.2) is 0 Å². The van der Waals surface area contributed by atoms with Crippen LogP contribution in [0.2, 0.25) is 0 Å². The van der Waals surface area contributed by atoms with Gasteiger partial charge in [0.05, 0.1) is 5.56 Å². The molecule has 1 atom stereocenters. The zero-order valence-corrected chi connectivity index (χ0v) is 9.32. The number of rotatable bonds is 2. The fourth-order valence-corrected chi connectivity index (χ4v) is 1.57. The number of hydrogen-bond donors (Lipinski definition) is 1. The number of allylic oxidation sites excluding steroid dienone is 1. The highest BCUT2D eigenvalue weighted by atomic mass is 19.4. The van der Waals surface area contributed by atoms with Crippen molar-refractivity contribution in [1.82, 2.24) is 0 Å². The lowest BCUT2D eigenvalue weighted by molar-refractivity contribution is -0.137. The van der Waals surface area contributed by atoms with E-state index in [2.05, 4.69) is 0 Å². The van der Waals surface area contributed by atoms with Gasteiger partial charge in [-0.3, -0.25) is 0 Å². The van der Waals surface area contributed by atoms with E-state index < -0.39 is 11.7 Å². The van der Waals surface area contributed by atoms with Crippen molar-refractivity contribution in [3.63, 3.8) is 0 Å². The molecule has 0 fully saturated rings. The molecule has 96 valence electrons. The van der Waals surface area contributed by atoms with Crippen LogP contribution in [0.25, 0.3) is 0 Å². The number of benzene rings is 1. The standard InChI is InChI=1S/C13H11F3O2/c14-13(15,16)9-1-5-11(6-2-9)18-12-7-3-10(17)4-8-12/h1-7,12,17H,8H2. The highest BCUT2D eigenvalue weighted by molar-refractivity contribution is 5.30. The summed E-state index contributed by atoms with van der Waals surface area (Å²) >= 11 is 0. The van der Waals surface area contributed by atoms with Crippen molar-refractivity contribution >= 4 is 0 Å². The van der Waals surface area contributed by atoms with Crippen molar-refractivity contribution in [3.8, 4) is 5.75 Å². The van der Waals surface area contributed by atoms with Crippen LogP contribution < -0.4 is 4.74 Å². The molecule has 1 aliphatic rings. The fourth-order valence-electron chi connectivity index (χ4n) is 1.57. The number of ether oxygens (including phenoxy) is 1. The topological polar surface area (TPSA) is 29.5 Å². The van der Waals surface area contributed by atoms with Crippen LogP contribution in [0.15, 0.2) is 48.3 Å². The van der Waals surface area contributed by atoms with Crippen molar-refractivity contribution in [2.24, 2.45) is 0 Å². The van der Waals surface area contributed by atoms with Crippen LogP contribution in [0.1, 0.15) is 12.0 Å². The van der Waals surface area contributed by atoms with Crippen LogP contribution in [0.4, 0.5) is 13.2 Å². The summed E-state index contributed by atoms with van der Waals surface area (Å²) in [5.74, 6) is 0.537. The molecule has 1 aromatic carbocycles. The largest absolute Gasteiger partial charge is 0.508 e. The van der Waals surface area contributed by atoms with Crippen LogP contribution in [0.5, 0.6) is 5.75 Å². The summed E-state index contributed by atoms with van der Waals surface area (Å²) in [5, 5.41) is 9.11. The number of halogens is 3. The maximum Gasteiger partial charge on any atom is 0.416 e. The van der Waals surface area contributed by atoms with Gasteiger partial charge in [0.25, 0.3) is 0 Å². The molecule has 0 spiro atoms. The Balaban J connectivity index is 2.01. The molecule has 0 heterocycles. The molecule has 0 aromatic heterocycles. The van der Waals surface area contributed by atoms with Gasteiger partial charge in [0, 0.05) is 6.42 Å². The monoisotopic (exact) mass is 256 g/mol. The maximum absolute atomic E-state index is 12.3. The molecule has 5 heteroatoms. The molecule has 2 nitrogen and oxygen atoms in total. The molecule has 1 aromatic rings. The average molecular weight is 256 g/mol. The first-order valence-corrected chi connectivity index (χ1v) is 5.36. The number of alkyl halides is 3. The Hall–Kier alpha value is -1.91. The Morgan fingerprint density at radius 1 is 1.17 bits per heavy atom. The van der Waals surface area contributed by atoms with Crippen molar-refractivity contribution in [2.75, 3.05) is 0 Å². The minimum Gasteiger partial charge on any atom is -0.508 e. The smallest absolute Gasteiger partial charge is 0.416 e. The Kier molecular flexibility index (Phi) is 3.32. The molecule has 0 radical (unpaired) electrons. The quantitative estimate of drug-likeness (QED) is 0.870. The molecule has 2 rings (SSSR count). The van der Waals surface area contributed by atoms with Crippen LogP contribution in [0.3, 0.4) is 0 Å². The van der Waals surface area contributed by atoms with E-state index in [1.165, 1.54) is 18.2 Å². The first-order chi connectivity index (χ1) is 8.45. The van der Waals surface area contributed by atoms with Gasteiger partial charge in [0.2, 0.25) is 0 Å². The Bertz CT molecular complexity index is 472. The van der Waals surface area contributed by atoms with Gasteiger partial charge in [-0.05, 0) is 42.5 Å². The molecule has 1 N–H and O–H groups in total. The Morgan fingerprint density at radius 3 is 2.33 bits per heavy atom. The molecule has 0 aliphatic heterocycles. The van der Waals surface area contributed by atoms with E-state index in [4.69, 9.17) is 9.84 Å². The lowest BCUT2D eigenvalue weighted by atomic mass is 10.1. The third-order valence-electron chi connectivity index (χ3n) is 2.51. The number of aliphatic hydroxyl groups is 1. The minimum absolute atomic E-state index is 0.169. The summed E-state index contributed by atoms with van der Waals surface area (Å²) in [6, 6.07) is 4.54. The van der Waals surface area contributed by atoms with Crippen molar-refractivity contribution in [3.05, 3.63) is 53.8 Å². The molecule has 0 bridgehead atoms. The third-order valence-corrected chi connectivity index (χ3v) is 2.51. The minimum atomic E-state index is -4.34. The predicted molar refractivity (Wildman–Crippen MR) is 60.3 cm³/mol. The molecule has 1 aliphatic carbocycles. The van der Waals surface area contributed by atoms with Gasteiger partial charge in [-0.2, -0.15) is 13.2 Å². The lowest BCUT2D eigenvalue weighted by Crippen LogP contribution is -2.15. The zero-order valence-electron chi connectivity index (χ0n) is 9.32. The summed E-state index contributed by atoms with van der Waals surface area (Å²) < 4.78 is 42.5. The van der Waals surface area contributed by atoms with E-state index in [9.17, 15) is 13.2 Å². The van der Waals surface area contributed by atoms with E-state index in [1.807, 2.05) is 0 Å². The van der Waals surface area contributed by atoms with Crippen LogP contribution in [-0.2, 0) is 6.18 Å². The van der Waals surface area contributed by atoms with Crippen molar-refractivity contribution in [1.29, 1.82) is 0 Å². The highest BCUT2D eigenvalue weighted by Crippen LogP contribution is 2.30. The van der Waals surface area contributed by atoms with Crippen molar-refractivity contribution < 1.29 is 23.0 Å². The third kappa shape index (κ3) is 3.06. The van der Waals surface area contributed by atoms with E-state index in [0.717, 1.165) is 12.1 Å². The first-order valence-electron chi connectivity index (χ1n) is 5.36. The second kappa shape index (κ2) is 4.76. The zero-order chi connectivity index (χ0) is 13.2. The van der Waals surface area contributed by atoms with Gasteiger partial charge < -0.3 is 9.84 Å². The highest BCUT2D eigenvalue weighted by Gasteiger charge is 2.30. The van der Waals surface area contributed by atoms with Crippen LogP contribution >= 0.6 is 0 Å². The van der Waals surface area contributed by atoms with E-state index in [1.54, 1.807) is 12.2 Å². The number of hydrogen-bond acceptors (Lipinski definition) is 2. The van der Waals surface area contributed by atoms with Crippen molar-refractivity contribution in [2.45, 2.75) is 18.7 Å². The Morgan fingerprint density at radius 2 is 1.83 bits per heavy atom. The molecule has 0 saturated carbocycles. The summed E-state index contributed by atoms with van der Waals surface area (Å²) in [6.45, 7) is 0. The first kappa shape index (κ1) is 12.5. The van der Waals surface area contributed by atoms with E-state index >= 15 is 0 Å². The van der Waals surface area contributed by atoms with Gasteiger partial charge in [-0.25, -0.2) is 0 Å². The summed E-state index contributed by atoms with van der Waals surface area (Å²) in [6.07, 6.45) is 0.638. The van der Waals surface area contributed by atoms with Gasteiger partial charge in [0.1, 0.15) is 17.6 Å². The average Bonchev–Trinajstić information content (AvgIpc) is 2.32. The molecular weight excluding hydrogens is 245 g/mol. The van der Waals surface area contributed by atoms with Crippen LogP contribution in [-0.4, -0.2) is 11.2 Å². The molecule has 0 amide bonds. The van der Waals surface area contributed by atoms with Gasteiger partial charge >= 0.3 is 6.18 Å². The molecular formula is C13H11F3O2. The Labute approximate surface area is 102 Å². The summed E-state index contributed by atoms with van der Waals surface area (Å²) in [4.78, 5) is 0. The summed E-state index contributed by atoms with van der Waals surface area (Å²) in [7, 11) is 0. The lowest BCUT2D eigenvalue weighted by Gasteiger charge is -2.17. The fraction of sp³-hybridized carbons (Fsp3) is 0.231. The summed E-state index contributed by atoms with van der Waals surface area (Å²) in [5.41, 5.74) is -0.702. The van der Waals surface area contributed by atoms with E-state index in [-0.39, 0.29) is 11.9 Å². The number of aliphatic hydroxyl groups excluding tert-OH is 1. The molecule has 1 unspecified atom stereocenters.